The topological polar surface area (TPSA) is 72.8 Å². The van der Waals surface area contributed by atoms with Gasteiger partial charge in [0, 0.05) is 16.6 Å². The van der Waals surface area contributed by atoms with Gasteiger partial charge in [-0.1, -0.05) is 30.3 Å². The molecule has 6 heteroatoms. The Morgan fingerprint density at radius 2 is 1.71 bits per heavy atom. The third kappa shape index (κ3) is 5.09. The third-order valence-corrected chi connectivity index (χ3v) is 5.10. The van der Waals surface area contributed by atoms with E-state index in [1.54, 1.807) is 61.7 Å². The molecule has 0 spiro atoms. The molecule has 2 aromatic carbocycles. The van der Waals surface area contributed by atoms with Crippen LogP contribution in [0.1, 0.15) is 17.2 Å². The normalized spacial score (nSPS) is 13.0. The van der Waals surface area contributed by atoms with Crippen LogP contribution in [0, 0.1) is 0 Å². The minimum Gasteiger partial charge on any atom is -0.497 e. The van der Waals surface area contributed by atoms with Crippen LogP contribution in [0.2, 0.25) is 0 Å². The molecule has 0 radical (unpaired) electrons. The molecule has 0 aliphatic heterocycles. The summed E-state index contributed by atoms with van der Waals surface area (Å²) in [6.07, 6.45) is 0.509. The van der Waals surface area contributed by atoms with Crippen LogP contribution in [-0.2, 0) is 15.6 Å². The Bertz CT molecular complexity index is 670. The number of benzene rings is 2. The van der Waals surface area contributed by atoms with Gasteiger partial charge in [-0.15, -0.1) is 0 Å². The van der Waals surface area contributed by atoms with E-state index in [1.807, 2.05) is 0 Å². The summed E-state index contributed by atoms with van der Waals surface area (Å²) in [7, 11) is 0.0926. The molecular weight excluding hydrogens is 328 g/mol. The van der Waals surface area contributed by atoms with Crippen molar-refractivity contribution in [3.05, 3.63) is 60.2 Å². The van der Waals surface area contributed by atoms with E-state index < -0.39 is 22.0 Å². The number of hydrogen-bond donors (Lipinski definition) is 1. The molecule has 0 fully saturated rings. The highest BCUT2D eigenvalue weighted by molar-refractivity contribution is 7.86. The van der Waals surface area contributed by atoms with Crippen LogP contribution in [0.3, 0.4) is 0 Å². The highest BCUT2D eigenvalue weighted by Gasteiger charge is 2.26. The summed E-state index contributed by atoms with van der Waals surface area (Å²) in [6.45, 7) is 0.374. The maximum Gasteiger partial charge on any atom is 0.323 e. The largest absolute Gasteiger partial charge is 0.497 e. The predicted octanol–water partition coefficient (Wildman–Crippen LogP) is 3.04. The van der Waals surface area contributed by atoms with Crippen LogP contribution >= 0.6 is 0 Å². The van der Waals surface area contributed by atoms with Gasteiger partial charge in [0.1, 0.15) is 11.5 Å². The predicted molar refractivity (Wildman–Crippen MR) is 92.9 cm³/mol. The highest BCUT2D eigenvalue weighted by Crippen LogP contribution is 2.21. The average molecular weight is 348 g/mol. The molecule has 1 N–H and O–H groups in total. The van der Waals surface area contributed by atoms with E-state index in [0.717, 1.165) is 5.75 Å². The quantitative estimate of drug-likeness (QED) is 0.705. The van der Waals surface area contributed by atoms with Crippen molar-refractivity contribution in [2.75, 3.05) is 19.5 Å². The zero-order valence-corrected chi connectivity index (χ0v) is 14.2. The molecule has 0 saturated carbocycles. The van der Waals surface area contributed by atoms with E-state index in [1.165, 1.54) is 0 Å². The molecule has 128 valence electrons. The lowest BCUT2D eigenvalue weighted by Crippen LogP contribution is -2.20. The van der Waals surface area contributed by atoms with Crippen molar-refractivity contribution in [1.82, 2.24) is 0 Å². The van der Waals surface area contributed by atoms with Crippen LogP contribution in [0.4, 0.5) is 0 Å². The molecule has 0 saturated heterocycles. The smallest absolute Gasteiger partial charge is 0.323 e. The Balaban J connectivity index is 1.83. The van der Waals surface area contributed by atoms with Gasteiger partial charge in [0.25, 0.3) is 0 Å². The van der Waals surface area contributed by atoms with E-state index in [0.29, 0.717) is 24.3 Å². The van der Waals surface area contributed by atoms with Crippen LogP contribution in [0.25, 0.3) is 0 Å². The maximum absolute atomic E-state index is 12.3. The number of carbonyl (C=O) groups is 1. The molecular formula is C18H20O5S. The number of carboxylic acids is 1. The fourth-order valence-corrected chi connectivity index (χ4v) is 3.54. The first-order valence-electron chi connectivity index (χ1n) is 7.53. The van der Waals surface area contributed by atoms with Crippen molar-refractivity contribution in [2.45, 2.75) is 11.7 Å². The Morgan fingerprint density at radius 1 is 1.08 bits per heavy atom. The molecule has 2 aromatic rings. The zero-order valence-electron chi connectivity index (χ0n) is 13.4. The molecule has 5 nitrogen and oxygen atoms in total. The number of carboxylic acid groups (broad SMARTS) is 1. The Morgan fingerprint density at radius 3 is 2.29 bits per heavy atom. The van der Waals surface area contributed by atoms with Gasteiger partial charge >= 0.3 is 5.97 Å². The monoisotopic (exact) mass is 348 g/mol. The van der Waals surface area contributed by atoms with Crippen LogP contribution < -0.4 is 9.47 Å². The van der Waals surface area contributed by atoms with Gasteiger partial charge in [-0.05, 0) is 36.2 Å². The second-order valence-electron chi connectivity index (χ2n) is 5.09. The van der Waals surface area contributed by atoms with E-state index in [-0.39, 0.29) is 5.75 Å². The molecule has 0 aromatic heterocycles. The van der Waals surface area contributed by atoms with Gasteiger partial charge in [0.05, 0.1) is 13.7 Å². The lowest BCUT2D eigenvalue weighted by molar-refractivity contribution is -0.136. The first kappa shape index (κ1) is 18.0. The lowest BCUT2D eigenvalue weighted by atomic mass is 10.1. The molecule has 0 heterocycles. The molecule has 2 unspecified atom stereocenters. The summed E-state index contributed by atoms with van der Waals surface area (Å²) in [5.74, 6) is 0.632. The second kappa shape index (κ2) is 9.08. The van der Waals surface area contributed by atoms with E-state index >= 15 is 0 Å². The minimum absolute atomic E-state index is 0.266. The average Bonchev–Trinajstić information content (AvgIpc) is 2.60. The first-order chi connectivity index (χ1) is 11.6. The molecule has 0 aliphatic carbocycles. The summed E-state index contributed by atoms with van der Waals surface area (Å²) in [4.78, 5) is 11.4. The van der Waals surface area contributed by atoms with E-state index in [9.17, 15) is 14.1 Å². The van der Waals surface area contributed by atoms with Crippen molar-refractivity contribution in [3.8, 4) is 11.5 Å². The SMILES string of the molecule is COc1ccc(OCCCS(=O)C(C(=O)O)c2ccccc2)cc1. The zero-order chi connectivity index (χ0) is 17.4. The van der Waals surface area contributed by atoms with Gasteiger partial charge in [-0.2, -0.15) is 0 Å². The maximum atomic E-state index is 12.3. The fourth-order valence-electron chi connectivity index (χ4n) is 2.22. The van der Waals surface area contributed by atoms with Crippen molar-refractivity contribution >= 4 is 16.8 Å². The van der Waals surface area contributed by atoms with Crippen molar-refractivity contribution in [3.63, 3.8) is 0 Å². The first-order valence-corrected chi connectivity index (χ1v) is 8.92. The Labute approximate surface area is 143 Å². The van der Waals surface area contributed by atoms with Gasteiger partial charge in [-0.3, -0.25) is 9.00 Å². The molecule has 2 rings (SSSR count). The second-order valence-corrected chi connectivity index (χ2v) is 6.73. The van der Waals surface area contributed by atoms with Crippen molar-refractivity contribution in [2.24, 2.45) is 0 Å². The minimum atomic E-state index is -1.50. The summed E-state index contributed by atoms with van der Waals surface area (Å²) < 4.78 is 23.0. The van der Waals surface area contributed by atoms with E-state index in [4.69, 9.17) is 9.47 Å². The van der Waals surface area contributed by atoms with Gasteiger partial charge < -0.3 is 14.6 Å². The summed E-state index contributed by atoms with van der Waals surface area (Å²) in [5.41, 5.74) is 0.555. The fraction of sp³-hybridized carbons (Fsp3) is 0.278. The van der Waals surface area contributed by atoms with Crippen LogP contribution in [-0.4, -0.2) is 34.8 Å². The van der Waals surface area contributed by atoms with Crippen LogP contribution in [0.15, 0.2) is 54.6 Å². The van der Waals surface area contributed by atoms with Gasteiger partial charge in [-0.25, -0.2) is 0 Å². The Kier molecular flexibility index (Phi) is 6.81. The van der Waals surface area contributed by atoms with Gasteiger partial charge in [0.2, 0.25) is 0 Å². The number of methoxy groups -OCH3 is 1. The Hall–Kier alpha value is -2.34. The number of aliphatic carboxylic acids is 1. The summed E-state index contributed by atoms with van der Waals surface area (Å²) in [5, 5.41) is 8.34. The number of ether oxygens (including phenoxy) is 2. The van der Waals surface area contributed by atoms with E-state index in [2.05, 4.69) is 0 Å². The summed E-state index contributed by atoms with van der Waals surface area (Å²) in [6, 6.07) is 15.8. The molecule has 24 heavy (non-hydrogen) atoms. The summed E-state index contributed by atoms with van der Waals surface area (Å²) >= 11 is 0. The highest BCUT2D eigenvalue weighted by atomic mass is 32.2. The standard InChI is InChI=1S/C18H20O5S/c1-22-15-8-10-16(11-9-15)23-12-5-13-24(21)17(18(19)20)14-6-3-2-4-7-14/h2-4,6-11,17H,5,12-13H2,1H3,(H,19,20). The van der Waals surface area contributed by atoms with Crippen molar-refractivity contribution in [1.29, 1.82) is 0 Å². The van der Waals surface area contributed by atoms with Crippen molar-refractivity contribution < 1.29 is 23.6 Å². The molecule has 2 atom stereocenters. The number of rotatable bonds is 9. The lowest BCUT2D eigenvalue weighted by Gasteiger charge is -2.13. The molecule has 0 aliphatic rings. The van der Waals surface area contributed by atoms with Gasteiger partial charge in [0.15, 0.2) is 5.25 Å². The van der Waals surface area contributed by atoms with Crippen LogP contribution in [0.5, 0.6) is 11.5 Å². The third-order valence-electron chi connectivity index (χ3n) is 3.41. The molecule has 0 bridgehead atoms. The molecule has 0 amide bonds. The number of hydrogen-bond acceptors (Lipinski definition) is 4.